The second kappa shape index (κ2) is 9.77. The number of nitrogens with zero attached hydrogens (tertiary/aromatic N) is 3. The van der Waals surface area contributed by atoms with Crippen molar-refractivity contribution >= 4 is 33.4 Å². The van der Waals surface area contributed by atoms with Crippen LogP contribution >= 0.6 is 11.8 Å². The monoisotopic (exact) mass is 488 g/mol. The van der Waals surface area contributed by atoms with Crippen molar-refractivity contribution in [2.75, 3.05) is 38.5 Å². The van der Waals surface area contributed by atoms with Crippen molar-refractivity contribution in [2.45, 2.75) is 28.3 Å². The van der Waals surface area contributed by atoms with Crippen LogP contribution in [0.15, 0.2) is 52.5 Å². The summed E-state index contributed by atoms with van der Waals surface area (Å²) in [6.45, 7) is 3.61. The third-order valence-corrected chi connectivity index (χ3v) is 7.90. The maximum atomic E-state index is 13.1. The SMILES string of the molecule is CC(Sc1ccc(S(=O)(=O)N2CCN(C)CC2)cn1)C(=O)Nc1ccccc1C(F)(F)F. The molecule has 3 rings (SSSR count). The number of hydrogen-bond acceptors (Lipinski definition) is 6. The highest BCUT2D eigenvalue weighted by Crippen LogP contribution is 2.35. The van der Waals surface area contributed by atoms with Crippen molar-refractivity contribution < 1.29 is 26.4 Å². The first-order valence-corrected chi connectivity index (χ1v) is 12.1. The van der Waals surface area contributed by atoms with Gasteiger partial charge in [-0.1, -0.05) is 23.9 Å². The number of aromatic nitrogens is 1. The van der Waals surface area contributed by atoms with Gasteiger partial charge < -0.3 is 10.2 Å². The number of benzene rings is 1. The minimum Gasteiger partial charge on any atom is -0.325 e. The molecular weight excluding hydrogens is 465 g/mol. The minimum atomic E-state index is -4.59. The predicted octanol–water partition coefficient (Wildman–Crippen LogP) is 3.16. The molecule has 1 amide bonds. The molecule has 1 aromatic heterocycles. The zero-order valence-electron chi connectivity index (χ0n) is 17.5. The van der Waals surface area contributed by atoms with Gasteiger partial charge in [-0.15, -0.1) is 0 Å². The number of piperazine rings is 1. The van der Waals surface area contributed by atoms with Gasteiger partial charge in [0.25, 0.3) is 0 Å². The van der Waals surface area contributed by atoms with E-state index in [0.29, 0.717) is 31.2 Å². The molecule has 1 unspecified atom stereocenters. The molecular formula is C20H23F3N4O3S2. The molecule has 1 atom stereocenters. The molecule has 7 nitrogen and oxygen atoms in total. The summed E-state index contributed by atoms with van der Waals surface area (Å²) in [5, 5.41) is 1.93. The molecule has 0 saturated carbocycles. The fourth-order valence-electron chi connectivity index (χ4n) is 3.07. The van der Waals surface area contributed by atoms with Crippen molar-refractivity contribution in [3.05, 3.63) is 48.2 Å². The van der Waals surface area contributed by atoms with Gasteiger partial charge in [0.15, 0.2) is 0 Å². The Kier molecular flexibility index (Phi) is 7.48. The Hall–Kier alpha value is -2.15. The summed E-state index contributed by atoms with van der Waals surface area (Å²) in [7, 11) is -1.73. The van der Waals surface area contributed by atoms with Gasteiger partial charge in [-0.2, -0.15) is 17.5 Å². The molecule has 1 aromatic carbocycles. The third-order valence-electron chi connectivity index (χ3n) is 4.97. The van der Waals surface area contributed by atoms with Crippen LogP contribution in [0.5, 0.6) is 0 Å². The standard InChI is InChI=1S/C20H23F3N4O3S2/c1-14(19(28)25-17-6-4-3-5-16(17)20(21,22)23)31-18-8-7-15(13-24-18)32(29,30)27-11-9-26(2)10-12-27/h3-8,13-14H,9-12H2,1-2H3,(H,25,28). The van der Waals surface area contributed by atoms with E-state index < -0.39 is 32.9 Å². The number of nitrogens with one attached hydrogen (secondary N) is 1. The first-order valence-electron chi connectivity index (χ1n) is 9.77. The van der Waals surface area contributed by atoms with Crippen LogP contribution < -0.4 is 5.32 Å². The van der Waals surface area contributed by atoms with Crippen molar-refractivity contribution in [3.63, 3.8) is 0 Å². The smallest absolute Gasteiger partial charge is 0.325 e. The molecule has 1 aliphatic rings. The van der Waals surface area contributed by atoms with E-state index in [0.717, 1.165) is 17.8 Å². The molecule has 1 aliphatic heterocycles. The summed E-state index contributed by atoms with van der Waals surface area (Å²) >= 11 is 1.02. The fraction of sp³-hybridized carbons (Fsp3) is 0.400. The number of pyridine rings is 1. The second-order valence-corrected chi connectivity index (χ2v) is 10.6. The van der Waals surface area contributed by atoms with Crippen LogP contribution in [0.25, 0.3) is 0 Å². The lowest BCUT2D eigenvalue weighted by molar-refractivity contribution is -0.137. The van der Waals surface area contributed by atoms with Crippen LogP contribution in [0, 0.1) is 0 Å². The summed E-state index contributed by atoms with van der Waals surface area (Å²) in [5.74, 6) is -0.623. The van der Waals surface area contributed by atoms with E-state index in [4.69, 9.17) is 0 Å². The Morgan fingerprint density at radius 3 is 2.38 bits per heavy atom. The highest BCUT2D eigenvalue weighted by Gasteiger charge is 2.34. The maximum absolute atomic E-state index is 13.1. The predicted molar refractivity (Wildman–Crippen MR) is 116 cm³/mol. The molecule has 174 valence electrons. The highest BCUT2D eigenvalue weighted by atomic mass is 32.2. The van der Waals surface area contributed by atoms with Crippen molar-refractivity contribution in [1.82, 2.24) is 14.2 Å². The molecule has 1 saturated heterocycles. The summed E-state index contributed by atoms with van der Waals surface area (Å²) in [5.41, 5.74) is -1.25. The number of anilines is 1. The fourth-order valence-corrected chi connectivity index (χ4v) is 5.23. The highest BCUT2D eigenvalue weighted by molar-refractivity contribution is 8.00. The summed E-state index contributed by atoms with van der Waals surface area (Å²) in [6.07, 6.45) is -3.35. The van der Waals surface area contributed by atoms with E-state index in [2.05, 4.69) is 10.3 Å². The first-order chi connectivity index (χ1) is 15.0. The van der Waals surface area contributed by atoms with E-state index in [-0.39, 0.29) is 10.6 Å². The van der Waals surface area contributed by atoms with Gasteiger partial charge in [0, 0.05) is 32.4 Å². The van der Waals surface area contributed by atoms with Crippen molar-refractivity contribution in [3.8, 4) is 0 Å². The van der Waals surface area contributed by atoms with Gasteiger partial charge >= 0.3 is 6.18 Å². The van der Waals surface area contributed by atoms with Crippen molar-refractivity contribution in [1.29, 1.82) is 0 Å². The molecule has 2 aromatic rings. The number of likely N-dealkylation sites (N-methyl/N-ethyl adjacent to an activating group) is 1. The molecule has 32 heavy (non-hydrogen) atoms. The number of alkyl halides is 3. The van der Waals surface area contributed by atoms with E-state index >= 15 is 0 Å². The summed E-state index contributed by atoms with van der Waals surface area (Å²) in [4.78, 5) is 18.7. The zero-order chi connectivity index (χ0) is 23.5. The molecule has 12 heteroatoms. The van der Waals surface area contributed by atoms with E-state index in [1.807, 2.05) is 11.9 Å². The number of halogens is 3. The quantitative estimate of drug-likeness (QED) is 0.629. The molecule has 2 heterocycles. The van der Waals surface area contributed by atoms with E-state index in [1.54, 1.807) is 0 Å². The third kappa shape index (κ3) is 5.80. The normalized spacial score (nSPS) is 17.2. The number of carbonyl (C=O) groups is 1. The number of amides is 1. The number of para-hydroxylation sites is 1. The Bertz CT molecular complexity index is 1050. The average Bonchev–Trinajstić information content (AvgIpc) is 2.74. The molecule has 1 fully saturated rings. The van der Waals surface area contributed by atoms with E-state index in [1.165, 1.54) is 47.8 Å². The van der Waals surface area contributed by atoms with Gasteiger partial charge in [0.1, 0.15) is 4.90 Å². The van der Waals surface area contributed by atoms with Crippen LogP contribution in [0.4, 0.5) is 18.9 Å². The molecule has 0 radical (unpaired) electrons. The topological polar surface area (TPSA) is 82.6 Å². The minimum absolute atomic E-state index is 0.0580. The number of sulfonamides is 1. The Morgan fingerprint density at radius 2 is 1.78 bits per heavy atom. The second-order valence-electron chi connectivity index (χ2n) is 7.33. The van der Waals surface area contributed by atoms with Crippen LogP contribution in [0.3, 0.4) is 0 Å². The number of carbonyl (C=O) groups excluding carboxylic acids is 1. The Morgan fingerprint density at radius 1 is 1.12 bits per heavy atom. The molecule has 0 spiro atoms. The number of rotatable bonds is 6. The van der Waals surface area contributed by atoms with Crippen LogP contribution in [-0.2, 0) is 21.0 Å². The molecule has 0 bridgehead atoms. The van der Waals surface area contributed by atoms with Crippen LogP contribution in [-0.4, -0.2) is 67.0 Å². The van der Waals surface area contributed by atoms with Gasteiger partial charge in [-0.3, -0.25) is 4.79 Å². The van der Waals surface area contributed by atoms with Gasteiger partial charge in [0.2, 0.25) is 15.9 Å². The van der Waals surface area contributed by atoms with Gasteiger partial charge in [-0.05, 0) is 38.2 Å². The Balaban J connectivity index is 1.65. The van der Waals surface area contributed by atoms with E-state index in [9.17, 15) is 26.4 Å². The number of hydrogen-bond donors (Lipinski definition) is 1. The summed E-state index contributed by atoms with van der Waals surface area (Å²) in [6, 6.07) is 7.65. The van der Waals surface area contributed by atoms with Gasteiger partial charge in [-0.25, -0.2) is 13.4 Å². The largest absolute Gasteiger partial charge is 0.418 e. The zero-order valence-corrected chi connectivity index (χ0v) is 19.1. The van der Waals surface area contributed by atoms with Crippen LogP contribution in [0.1, 0.15) is 12.5 Å². The number of thioether (sulfide) groups is 1. The Labute approximate surface area is 189 Å². The lowest BCUT2D eigenvalue weighted by Crippen LogP contribution is -2.47. The summed E-state index contributed by atoms with van der Waals surface area (Å²) < 4.78 is 66.3. The lowest BCUT2D eigenvalue weighted by atomic mass is 10.1. The maximum Gasteiger partial charge on any atom is 0.418 e. The van der Waals surface area contributed by atoms with Crippen molar-refractivity contribution in [2.24, 2.45) is 0 Å². The van der Waals surface area contributed by atoms with Crippen LogP contribution in [0.2, 0.25) is 0 Å². The molecule has 1 N–H and O–H groups in total. The average molecular weight is 489 g/mol. The first kappa shape index (κ1) is 24.5. The van der Waals surface area contributed by atoms with Gasteiger partial charge in [0.05, 0.1) is 21.5 Å². The molecule has 0 aliphatic carbocycles. The lowest BCUT2D eigenvalue weighted by Gasteiger charge is -2.31.